The lowest BCUT2D eigenvalue weighted by Gasteiger charge is -2.27. The molecule has 0 radical (unpaired) electrons. The number of aromatic nitrogens is 2. The summed E-state index contributed by atoms with van der Waals surface area (Å²) in [5, 5.41) is 27.6. The molecule has 5 rings (SSSR count). The molecule has 3 heterocycles. The van der Waals surface area contributed by atoms with Gasteiger partial charge in [0.15, 0.2) is 5.69 Å². The van der Waals surface area contributed by atoms with Crippen molar-refractivity contribution >= 4 is 52.7 Å². The maximum Gasteiger partial charge on any atom is 0.353 e. The molecule has 2 fully saturated rings. The molecule has 0 saturated carbocycles. The number of anilines is 1. The second-order valence-corrected chi connectivity index (χ2v) is 9.49. The summed E-state index contributed by atoms with van der Waals surface area (Å²) in [7, 11) is 0. The number of carboxylic acid groups (broad SMARTS) is 1. The summed E-state index contributed by atoms with van der Waals surface area (Å²) in [4.78, 5) is 53.8. The molecule has 37 heavy (non-hydrogen) atoms. The average molecular weight is 539 g/mol. The number of likely N-dealkylation sites (tertiary alicyclic amines) is 1. The first-order valence-corrected chi connectivity index (χ1v) is 11.6. The predicted octanol–water partition coefficient (Wildman–Crippen LogP) is 3.02. The van der Waals surface area contributed by atoms with E-state index in [1.165, 1.54) is 23.1 Å². The summed E-state index contributed by atoms with van der Waals surface area (Å²) < 4.78 is 0. The van der Waals surface area contributed by atoms with Crippen molar-refractivity contribution in [3.63, 3.8) is 0 Å². The second-order valence-electron chi connectivity index (χ2n) is 8.61. The first-order valence-electron chi connectivity index (χ1n) is 10.8. The third-order valence-electron chi connectivity index (χ3n) is 6.42. The fourth-order valence-corrected chi connectivity index (χ4v) is 5.24. The molecular formula is C24H16Cl2N6O5. The van der Waals surface area contributed by atoms with Gasteiger partial charge in [0.05, 0.1) is 23.9 Å². The largest absolute Gasteiger partial charge is 0.477 e. The first kappa shape index (κ1) is 24.3. The molecule has 2 aromatic carbocycles. The number of H-pyrrole nitrogens is 1. The number of rotatable bonds is 4. The van der Waals surface area contributed by atoms with E-state index in [-0.39, 0.29) is 40.2 Å². The van der Waals surface area contributed by atoms with Crippen molar-refractivity contribution in [2.24, 2.45) is 0 Å². The number of nitriles is 1. The molecular weight excluding hydrogens is 523 g/mol. The topological polar surface area (TPSA) is 159 Å². The van der Waals surface area contributed by atoms with Gasteiger partial charge in [-0.2, -0.15) is 10.4 Å². The Bertz CT molecular complexity index is 1490. The van der Waals surface area contributed by atoms with Crippen molar-refractivity contribution in [2.45, 2.75) is 11.5 Å². The van der Waals surface area contributed by atoms with Gasteiger partial charge < -0.3 is 15.3 Å². The lowest BCUT2D eigenvalue weighted by atomic mass is 9.81. The van der Waals surface area contributed by atoms with E-state index in [2.05, 4.69) is 15.5 Å². The minimum absolute atomic E-state index is 0.0101. The number of urea groups is 1. The maximum absolute atomic E-state index is 13.9. The Hall–Kier alpha value is -4.40. The van der Waals surface area contributed by atoms with Gasteiger partial charge in [0.1, 0.15) is 11.2 Å². The molecule has 2 atom stereocenters. The highest BCUT2D eigenvalue weighted by Gasteiger charge is 2.61. The third kappa shape index (κ3) is 4.06. The maximum atomic E-state index is 13.9. The molecule has 1 spiro atoms. The van der Waals surface area contributed by atoms with E-state index in [9.17, 15) is 19.2 Å². The third-order valence-corrected chi connectivity index (χ3v) is 6.85. The average Bonchev–Trinajstić information content (AvgIpc) is 3.55. The minimum Gasteiger partial charge on any atom is -0.477 e. The smallest absolute Gasteiger partial charge is 0.353 e. The molecule has 2 aliphatic rings. The molecule has 0 aliphatic carbocycles. The summed E-state index contributed by atoms with van der Waals surface area (Å²) in [5.74, 6) is -3.22. The van der Waals surface area contributed by atoms with Gasteiger partial charge in [-0.15, -0.1) is 0 Å². The van der Waals surface area contributed by atoms with Crippen LogP contribution in [0.25, 0.3) is 0 Å². The molecule has 0 bridgehead atoms. The van der Waals surface area contributed by atoms with Crippen molar-refractivity contribution in [1.82, 2.24) is 20.4 Å². The molecule has 2 aliphatic heterocycles. The van der Waals surface area contributed by atoms with Gasteiger partial charge in [-0.3, -0.25) is 14.7 Å². The van der Waals surface area contributed by atoms with Gasteiger partial charge in [0.25, 0.3) is 11.8 Å². The Labute approximate surface area is 219 Å². The quantitative estimate of drug-likeness (QED) is 0.430. The summed E-state index contributed by atoms with van der Waals surface area (Å²) in [5.41, 5.74) is -0.792. The highest BCUT2D eigenvalue weighted by molar-refractivity contribution is 6.36. The molecule has 1 aromatic heterocycles. The number of nitrogens with one attached hydrogen (secondary N) is 2. The number of hydrogen-bond acceptors (Lipinski definition) is 6. The number of aromatic carboxylic acids is 1. The standard InChI is InChI=1S/C24H16Cl2N6O5/c25-14-5-15(26)7-16(6-14)32-22(36)24(28-23(32)37)11-31(20(33)18-8-19(21(34)35)30-29-18)10-17(24)13-3-1-12(9-27)2-4-13/h1-8,17H,10-11H2,(H,28,37)(H,29,30)(H,34,35)/t17-,24+/m0/s1. The van der Waals surface area contributed by atoms with E-state index in [1.807, 2.05) is 6.07 Å². The number of hydrogen-bond donors (Lipinski definition) is 3. The Morgan fingerprint density at radius 2 is 1.78 bits per heavy atom. The zero-order chi connectivity index (χ0) is 26.5. The molecule has 4 amide bonds. The van der Waals surface area contributed by atoms with Crippen molar-refractivity contribution < 1.29 is 24.3 Å². The Kier molecular flexibility index (Phi) is 5.86. The Morgan fingerprint density at radius 1 is 1.11 bits per heavy atom. The van der Waals surface area contributed by atoms with Gasteiger partial charge in [-0.25, -0.2) is 14.5 Å². The monoisotopic (exact) mass is 538 g/mol. The number of carbonyl (C=O) groups excluding carboxylic acids is 3. The molecule has 11 nitrogen and oxygen atoms in total. The fraction of sp³-hybridized carbons (Fsp3) is 0.167. The zero-order valence-corrected chi connectivity index (χ0v) is 20.2. The lowest BCUT2D eigenvalue weighted by molar-refractivity contribution is -0.122. The number of benzene rings is 2. The molecule has 2 saturated heterocycles. The van der Waals surface area contributed by atoms with Gasteiger partial charge in [0, 0.05) is 28.6 Å². The summed E-state index contributed by atoms with van der Waals surface area (Å²) >= 11 is 12.2. The molecule has 3 N–H and O–H groups in total. The van der Waals surface area contributed by atoms with Crippen LogP contribution < -0.4 is 10.2 Å². The van der Waals surface area contributed by atoms with Crippen molar-refractivity contribution in [1.29, 1.82) is 5.26 Å². The fourth-order valence-electron chi connectivity index (χ4n) is 4.73. The van der Waals surface area contributed by atoms with Crippen molar-refractivity contribution in [2.75, 3.05) is 18.0 Å². The number of amides is 4. The Morgan fingerprint density at radius 3 is 2.38 bits per heavy atom. The van der Waals surface area contributed by atoms with Gasteiger partial charge in [-0.1, -0.05) is 35.3 Å². The van der Waals surface area contributed by atoms with Crippen LogP contribution in [0, 0.1) is 11.3 Å². The van der Waals surface area contributed by atoms with Crippen LogP contribution in [-0.4, -0.2) is 62.6 Å². The normalized spacial score (nSPS) is 20.8. The molecule has 13 heteroatoms. The van der Waals surface area contributed by atoms with Gasteiger partial charge in [0.2, 0.25) is 0 Å². The van der Waals surface area contributed by atoms with E-state index in [0.717, 1.165) is 11.0 Å². The number of carboxylic acids is 1. The summed E-state index contributed by atoms with van der Waals surface area (Å²) in [6.45, 7) is -0.197. The van der Waals surface area contributed by atoms with Crippen LogP contribution >= 0.6 is 23.2 Å². The number of imide groups is 1. The van der Waals surface area contributed by atoms with Gasteiger partial charge in [-0.05, 0) is 35.9 Å². The van der Waals surface area contributed by atoms with Crippen molar-refractivity contribution in [3.8, 4) is 6.07 Å². The molecule has 186 valence electrons. The zero-order valence-electron chi connectivity index (χ0n) is 18.7. The summed E-state index contributed by atoms with van der Waals surface area (Å²) in [6.07, 6.45) is 0. The van der Waals surface area contributed by atoms with E-state index in [1.54, 1.807) is 24.3 Å². The van der Waals surface area contributed by atoms with Crippen LogP contribution in [-0.2, 0) is 4.79 Å². The van der Waals surface area contributed by atoms with Crippen LogP contribution in [0.4, 0.5) is 10.5 Å². The van der Waals surface area contributed by atoms with Crippen LogP contribution in [0.5, 0.6) is 0 Å². The highest BCUT2D eigenvalue weighted by atomic mass is 35.5. The van der Waals surface area contributed by atoms with E-state index in [0.29, 0.717) is 11.1 Å². The van der Waals surface area contributed by atoms with E-state index < -0.39 is 35.3 Å². The van der Waals surface area contributed by atoms with Gasteiger partial charge >= 0.3 is 12.0 Å². The van der Waals surface area contributed by atoms with E-state index in [4.69, 9.17) is 33.6 Å². The Balaban J connectivity index is 1.56. The van der Waals surface area contributed by atoms with E-state index >= 15 is 0 Å². The van der Waals surface area contributed by atoms with Crippen molar-refractivity contribution in [3.05, 3.63) is 81.1 Å². The SMILES string of the molecule is N#Cc1ccc([C@@H]2CN(C(=O)c3cc(C(=O)O)[nH]n3)C[C@@]23NC(=O)N(c2cc(Cl)cc(Cl)c2)C3=O)cc1. The van der Waals surface area contributed by atoms with Crippen LogP contribution in [0.2, 0.25) is 10.0 Å². The molecule has 3 aromatic rings. The highest BCUT2D eigenvalue weighted by Crippen LogP contribution is 2.42. The van der Waals surface area contributed by atoms with Crippen LogP contribution in [0.1, 0.15) is 38.0 Å². The number of carbonyl (C=O) groups is 4. The number of halogens is 2. The first-order chi connectivity index (χ1) is 17.6. The minimum atomic E-state index is -1.55. The lowest BCUT2D eigenvalue weighted by Crippen LogP contribution is -2.53. The number of aromatic amines is 1. The van der Waals surface area contributed by atoms with Crippen LogP contribution in [0.15, 0.2) is 48.5 Å². The number of nitrogens with zero attached hydrogens (tertiary/aromatic N) is 4. The second kappa shape index (κ2) is 8.92. The predicted molar refractivity (Wildman–Crippen MR) is 131 cm³/mol. The summed E-state index contributed by atoms with van der Waals surface area (Å²) in [6, 6.07) is 13.2. The van der Waals surface area contributed by atoms with Crippen LogP contribution in [0.3, 0.4) is 0 Å². The molecule has 0 unspecified atom stereocenters.